The summed E-state index contributed by atoms with van der Waals surface area (Å²) in [5, 5.41) is 2.86. The molecule has 0 aromatic heterocycles. The smallest absolute Gasteiger partial charge is 0.353 e. The number of hydrogen-bond donors (Lipinski definition) is 1. The molecule has 3 unspecified atom stereocenters. The van der Waals surface area contributed by atoms with E-state index in [4.69, 9.17) is 0 Å². The molecule has 2 amide bonds. The maximum Gasteiger partial charge on any atom is 0.406 e. The molecule has 1 N–H and O–H groups in total. The van der Waals surface area contributed by atoms with E-state index in [1.807, 2.05) is 0 Å². The van der Waals surface area contributed by atoms with Gasteiger partial charge in [-0.05, 0) is 25.2 Å². The third-order valence-electron chi connectivity index (χ3n) is 4.00. The molecule has 1 aliphatic carbocycles. The second-order valence-corrected chi connectivity index (χ2v) is 5.91. The molecule has 20 heavy (non-hydrogen) atoms. The monoisotopic (exact) mass is 292 g/mol. The van der Waals surface area contributed by atoms with Crippen LogP contribution in [-0.4, -0.2) is 42.0 Å². The zero-order chi connectivity index (χ0) is 14.9. The van der Waals surface area contributed by atoms with Crippen LogP contribution in [0.3, 0.4) is 0 Å². The number of alkyl halides is 3. The molecule has 7 heteroatoms. The Labute approximate surface area is 115 Å². The van der Waals surface area contributed by atoms with Crippen molar-refractivity contribution in [2.45, 2.75) is 44.8 Å². The standard InChI is InChI=1S/C13H19F3N2O2/c1-8-2-3-10(4-8)17-12(20)9-5-11(19)18(6-9)7-13(14,15)16/h8-10H,2-7H2,1H3,(H,17,20). The fraction of sp³-hybridized carbons (Fsp3) is 0.846. The molecule has 0 aromatic carbocycles. The molecule has 1 saturated heterocycles. The molecule has 1 heterocycles. The summed E-state index contributed by atoms with van der Waals surface area (Å²) < 4.78 is 36.9. The summed E-state index contributed by atoms with van der Waals surface area (Å²) in [5.41, 5.74) is 0. The van der Waals surface area contributed by atoms with Crippen LogP contribution in [0.25, 0.3) is 0 Å². The van der Waals surface area contributed by atoms with Gasteiger partial charge < -0.3 is 10.2 Å². The van der Waals surface area contributed by atoms with Gasteiger partial charge >= 0.3 is 6.18 Å². The minimum Gasteiger partial charge on any atom is -0.353 e. The van der Waals surface area contributed by atoms with Crippen molar-refractivity contribution >= 4 is 11.8 Å². The van der Waals surface area contributed by atoms with E-state index in [9.17, 15) is 22.8 Å². The van der Waals surface area contributed by atoms with Gasteiger partial charge in [-0.3, -0.25) is 9.59 Å². The molecular formula is C13H19F3N2O2. The molecule has 0 aromatic rings. The maximum absolute atomic E-state index is 12.3. The van der Waals surface area contributed by atoms with Gasteiger partial charge in [-0.1, -0.05) is 6.92 Å². The van der Waals surface area contributed by atoms with E-state index in [-0.39, 0.29) is 24.9 Å². The van der Waals surface area contributed by atoms with Gasteiger partial charge in [0.05, 0.1) is 5.92 Å². The van der Waals surface area contributed by atoms with Crippen molar-refractivity contribution in [2.75, 3.05) is 13.1 Å². The maximum atomic E-state index is 12.3. The van der Waals surface area contributed by atoms with Gasteiger partial charge in [-0.15, -0.1) is 0 Å². The van der Waals surface area contributed by atoms with Crippen LogP contribution in [0, 0.1) is 11.8 Å². The van der Waals surface area contributed by atoms with E-state index >= 15 is 0 Å². The summed E-state index contributed by atoms with van der Waals surface area (Å²) in [6.45, 7) is 0.707. The zero-order valence-electron chi connectivity index (χ0n) is 11.4. The summed E-state index contributed by atoms with van der Waals surface area (Å²) >= 11 is 0. The highest BCUT2D eigenvalue weighted by atomic mass is 19.4. The minimum atomic E-state index is -4.41. The Hall–Kier alpha value is -1.27. The number of nitrogens with zero attached hydrogens (tertiary/aromatic N) is 1. The van der Waals surface area contributed by atoms with Crippen molar-refractivity contribution in [3.63, 3.8) is 0 Å². The van der Waals surface area contributed by atoms with Crippen molar-refractivity contribution < 1.29 is 22.8 Å². The Balaban J connectivity index is 1.85. The summed E-state index contributed by atoms with van der Waals surface area (Å²) in [6, 6.07) is 0.101. The Morgan fingerprint density at radius 2 is 2.10 bits per heavy atom. The predicted molar refractivity (Wildman–Crippen MR) is 65.7 cm³/mol. The topological polar surface area (TPSA) is 49.4 Å². The van der Waals surface area contributed by atoms with E-state index < -0.39 is 24.5 Å². The number of amides is 2. The highest BCUT2D eigenvalue weighted by Crippen LogP contribution is 2.27. The van der Waals surface area contributed by atoms with Crippen LogP contribution in [0.1, 0.15) is 32.6 Å². The number of halogens is 3. The predicted octanol–water partition coefficient (Wildman–Crippen LogP) is 1.70. The highest BCUT2D eigenvalue weighted by Gasteiger charge is 2.41. The van der Waals surface area contributed by atoms with Crippen LogP contribution >= 0.6 is 0 Å². The van der Waals surface area contributed by atoms with Crippen LogP contribution in [0.5, 0.6) is 0 Å². The lowest BCUT2D eigenvalue weighted by Gasteiger charge is -2.19. The Morgan fingerprint density at radius 1 is 1.40 bits per heavy atom. The van der Waals surface area contributed by atoms with Crippen LogP contribution in [-0.2, 0) is 9.59 Å². The molecule has 1 aliphatic heterocycles. The number of carbonyl (C=O) groups excluding carboxylic acids is 2. The Kier molecular flexibility index (Phi) is 4.25. The van der Waals surface area contributed by atoms with E-state index in [1.54, 1.807) is 0 Å². The van der Waals surface area contributed by atoms with Gasteiger partial charge in [-0.2, -0.15) is 13.2 Å². The Morgan fingerprint density at radius 3 is 2.65 bits per heavy atom. The normalized spacial score (nSPS) is 30.9. The van der Waals surface area contributed by atoms with E-state index in [0.29, 0.717) is 5.92 Å². The average Bonchev–Trinajstić information content (AvgIpc) is 2.85. The van der Waals surface area contributed by atoms with Gasteiger partial charge in [0.1, 0.15) is 6.54 Å². The van der Waals surface area contributed by atoms with Gasteiger partial charge in [0, 0.05) is 19.0 Å². The molecule has 0 spiro atoms. The summed E-state index contributed by atoms with van der Waals surface area (Å²) in [5.74, 6) is -0.975. The zero-order valence-corrected chi connectivity index (χ0v) is 11.4. The lowest BCUT2D eigenvalue weighted by molar-refractivity contribution is -0.157. The Bertz CT molecular complexity index is 398. The first-order valence-corrected chi connectivity index (χ1v) is 6.89. The van der Waals surface area contributed by atoms with Crippen molar-refractivity contribution in [3.05, 3.63) is 0 Å². The molecule has 2 aliphatic rings. The van der Waals surface area contributed by atoms with Crippen LogP contribution in [0.4, 0.5) is 13.2 Å². The van der Waals surface area contributed by atoms with Crippen LogP contribution in [0.2, 0.25) is 0 Å². The van der Waals surface area contributed by atoms with Crippen LogP contribution in [0.15, 0.2) is 0 Å². The van der Waals surface area contributed by atoms with Crippen molar-refractivity contribution in [1.29, 1.82) is 0 Å². The molecule has 114 valence electrons. The third kappa shape index (κ3) is 3.86. The molecular weight excluding hydrogens is 273 g/mol. The summed E-state index contributed by atoms with van der Waals surface area (Å²) in [7, 11) is 0. The molecule has 4 nitrogen and oxygen atoms in total. The molecule has 0 radical (unpaired) electrons. The average molecular weight is 292 g/mol. The number of likely N-dealkylation sites (tertiary alicyclic amines) is 1. The fourth-order valence-corrected chi connectivity index (χ4v) is 2.97. The quantitative estimate of drug-likeness (QED) is 0.861. The molecule has 3 atom stereocenters. The summed E-state index contributed by atoms with van der Waals surface area (Å²) in [6.07, 6.45) is -1.68. The lowest BCUT2D eigenvalue weighted by atomic mass is 10.1. The molecule has 2 rings (SSSR count). The number of nitrogens with one attached hydrogen (secondary N) is 1. The van der Waals surface area contributed by atoms with E-state index in [0.717, 1.165) is 24.2 Å². The number of hydrogen-bond acceptors (Lipinski definition) is 2. The fourth-order valence-electron chi connectivity index (χ4n) is 2.97. The SMILES string of the molecule is CC1CCC(NC(=O)C2CC(=O)N(CC(F)(F)F)C2)C1. The number of carbonyl (C=O) groups is 2. The second kappa shape index (κ2) is 5.61. The molecule has 1 saturated carbocycles. The van der Waals surface area contributed by atoms with Crippen LogP contribution < -0.4 is 5.32 Å². The molecule has 0 bridgehead atoms. The first-order chi connectivity index (χ1) is 9.24. The van der Waals surface area contributed by atoms with Crippen molar-refractivity contribution in [1.82, 2.24) is 10.2 Å². The minimum absolute atomic E-state index is 0.101. The first-order valence-electron chi connectivity index (χ1n) is 6.89. The van der Waals surface area contributed by atoms with Gasteiger partial charge in [-0.25, -0.2) is 0 Å². The first kappa shape index (κ1) is 15.1. The highest BCUT2D eigenvalue weighted by molar-refractivity contribution is 5.89. The second-order valence-electron chi connectivity index (χ2n) is 5.91. The largest absolute Gasteiger partial charge is 0.406 e. The van der Waals surface area contributed by atoms with Crippen molar-refractivity contribution in [3.8, 4) is 0 Å². The lowest BCUT2D eigenvalue weighted by Crippen LogP contribution is -2.40. The molecule has 2 fully saturated rings. The summed E-state index contributed by atoms with van der Waals surface area (Å²) in [4.78, 5) is 24.2. The number of rotatable bonds is 3. The van der Waals surface area contributed by atoms with Gasteiger partial charge in [0.25, 0.3) is 0 Å². The van der Waals surface area contributed by atoms with E-state index in [2.05, 4.69) is 12.2 Å². The van der Waals surface area contributed by atoms with Gasteiger partial charge in [0.15, 0.2) is 0 Å². The van der Waals surface area contributed by atoms with Crippen molar-refractivity contribution in [2.24, 2.45) is 11.8 Å². The van der Waals surface area contributed by atoms with E-state index in [1.165, 1.54) is 0 Å². The third-order valence-corrected chi connectivity index (χ3v) is 4.00. The van der Waals surface area contributed by atoms with Gasteiger partial charge in [0.2, 0.25) is 11.8 Å².